The van der Waals surface area contributed by atoms with Crippen molar-refractivity contribution < 1.29 is 9.90 Å². The standard InChI is InChI=1S/C32H31N7O2/c33-28-25(7-4-16-34-28)29-36-27-13-12-26(23-5-2-1-3-6-23)35-30(27)39(29)24-10-8-22(9-11-24)19-37-17-14-32(20-37)15-18-38(21-32)31(40)41/h1-13,16H,14-15,17-21H2,(H2,33,34)(H,40,41)/t32-/m1/s1. The van der Waals surface area contributed by atoms with E-state index in [0.29, 0.717) is 24.7 Å². The Balaban J connectivity index is 1.21. The Morgan fingerprint density at radius 3 is 2.46 bits per heavy atom. The second-order valence-electron chi connectivity index (χ2n) is 11.2. The monoisotopic (exact) mass is 545 g/mol. The molecule has 0 saturated carbocycles. The fourth-order valence-electron chi connectivity index (χ4n) is 6.36. The number of rotatable bonds is 5. The van der Waals surface area contributed by atoms with Gasteiger partial charge in [0.15, 0.2) is 11.5 Å². The summed E-state index contributed by atoms with van der Waals surface area (Å²) in [6, 6.07) is 26.4. The van der Waals surface area contributed by atoms with Gasteiger partial charge in [-0.05, 0) is 61.3 Å². The smallest absolute Gasteiger partial charge is 0.407 e. The zero-order valence-electron chi connectivity index (χ0n) is 22.6. The molecule has 3 N–H and O–H groups in total. The first-order valence-electron chi connectivity index (χ1n) is 13.9. The number of pyridine rings is 2. The maximum Gasteiger partial charge on any atom is 0.407 e. The number of imidazole rings is 1. The molecule has 2 aromatic carbocycles. The van der Waals surface area contributed by atoms with Gasteiger partial charge in [0, 0.05) is 49.0 Å². The molecule has 9 nitrogen and oxygen atoms in total. The van der Waals surface area contributed by atoms with Crippen LogP contribution >= 0.6 is 0 Å². The molecule has 2 fully saturated rings. The Hall–Kier alpha value is -4.76. The van der Waals surface area contributed by atoms with E-state index in [4.69, 9.17) is 15.7 Å². The lowest BCUT2D eigenvalue weighted by Crippen LogP contribution is -2.33. The van der Waals surface area contributed by atoms with E-state index < -0.39 is 6.09 Å². The van der Waals surface area contributed by atoms with E-state index in [-0.39, 0.29) is 5.41 Å². The van der Waals surface area contributed by atoms with Crippen molar-refractivity contribution in [3.8, 4) is 28.3 Å². The van der Waals surface area contributed by atoms with Crippen LogP contribution in [0.1, 0.15) is 18.4 Å². The Morgan fingerprint density at radius 1 is 0.902 bits per heavy atom. The molecule has 7 rings (SSSR count). The molecule has 1 spiro atoms. The largest absolute Gasteiger partial charge is 0.465 e. The zero-order chi connectivity index (χ0) is 28.0. The number of likely N-dealkylation sites (tertiary alicyclic amines) is 2. The number of carbonyl (C=O) groups is 1. The minimum absolute atomic E-state index is 0.0920. The number of fused-ring (bicyclic) bond motifs is 1. The van der Waals surface area contributed by atoms with Gasteiger partial charge < -0.3 is 15.7 Å². The Morgan fingerprint density at radius 2 is 1.71 bits per heavy atom. The summed E-state index contributed by atoms with van der Waals surface area (Å²) in [5.74, 6) is 1.11. The van der Waals surface area contributed by atoms with Crippen LogP contribution in [0.3, 0.4) is 0 Å². The molecule has 0 radical (unpaired) electrons. The van der Waals surface area contributed by atoms with Gasteiger partial charge in [-0.1, -0.05) is 42.5 Å². The van der Waals surface area contributed by atoms with Gasteiger partial charge in [0.25, 0.3) is 0 Å². The number of nitrogens with two attached hydrogens (primary N) is 1. The number of anilines is 1. The number of nitrogens with zero attached hydrogens (tertiary/aromatic N) is 6. The second-order valence-corrected chi connectivity index (χ2v) is 11.2. The average molecular weight is 546 g/mol. The highest BCUT2D eigenvalue weighted by Crippen LogP contribution is 2.40. The zero-order valence-corrected chi connectivity index (χ0v) is 22.6. The van der Waals surface area contributed by atoms with E-state index in [0.717, 1.165) is 66.1 Å². The van der Waals surface area contributed by atoms with Crippen LogP contribution in [0.5, 0.6) is 0 Å². The maximum atomic E-state index is 11.4. The lowest BCUT2D eigenvalue weighted by Gasteiger charge is -2.24. The topological polar surface area (TPSA) is 113 Å². The normalized spacial score (nSPS) is 19.0. The molecule has 5 heterocycles. The van der Waals surface area contributed by atoms with Crippen molar-refractivity contribution in [2.75, 3.05) is 31.9 Å². The van der Waals surface area contributed by atoms with Crippen LogP contribution in [0.25, 0.3) is 39.5 Å². The minimum atomic E-state index is -0.805. The van der Waals surface area contributed by atoms with Crippen molar-refractivity contribution in [2.24, 2.45) is 5.41 Å². The molecule has 2 aliphatic heterocycles. The number of benzene rings is 2. The highest BCUT2D eigenvalue weighted by Gasteiger charge is 2.44. The quantitative estimate of drug-likeness (QED) is 0.308. The van der Waals surface area contributed by atoms with Crippen LogP contribution < -0.4 is 5.73 Å². The molecule has 206 valence electrons. The van der Waals surface area contributed by atoms with E-state index in [1.807, 2.05) is 42.5 Å². The molecule has 5 aromatic rings. The van der Waals surface area contributed by atoms with E-state index in [2.05, 4.69) is 50.8 Å². The van der Waals surface area contributed by atoms with Gasteiger partial charge in [0.2, 0.25) is 0 Å². The molecule has 9 heteroatoms. The SMILES string of the molecule is Nc1ncccc1-c1nc2ccc(-c3ccccc3)nc2n1-c1ccc(CN2CC[C@@]3(CCN(C(=O)O)C3)C2)cc1. The summed E-state index contributed by atoms with van der Waals surface area (Å²) >= 11 is 0. The molecular weight excluding hydrogens is 514 g/mol. The summed E-state index contributed by atoms with van der Waals surface area (Å²) in [7, 11) is 0. The predicted molar refractivity (Wildman–Crippen MR) is 158 cm³/mol. The fourth-order valence-corrected chi connectivity index (χ4v) is 6.36. The number of hydrogen-bond acceptors (Lipinski definition) is 6. The van der Waals surface area contributed by atoms with Crippen LogP contribution in [0.4, 0.5) is 10.6 Å². The van der Waals surface area contributed by atoms with Crippen molar-refractivity contribution in [2.45, 2.75) is 19.4 Å². The van der Waals surface area contributed by atoms with Gasteiger partial charge >= 0.3 is 6.09 Å². The van der Waals surface area contributed by atoms with Crippen molar-refractivity contribution in [3.63, 3.8) is 0 Å². The molecule has 1 atom stereocenters. The maximum absolute atomic E-state index is 11.4. The highest BCUT2D eigenvalue weighted by atomic mass is 16.4. The van der Waals surface area contributed by atoms with Crippen LogP contribution in [0, 0.1) is 5.41 Å². The van der Waals surface area contributed by atoms with Gasteiger partial charge in [-0.25, -0.2) is 19.7 Å². The molecule has 0 bridgehead atoms. The first-order valence-corrected chi connectivity index (χ1v) is 13.9. The van der Waals surface area contributed by atoms with Crippen LogP contribution in [0.2, 0.25) is 0 Å². The number of nitrogen functional groups attached to an aromatic ring is 1. The molecule has 0 unspecified atom stereocenters. The van der Waals surface area contributed by atoms with E-state index in [1.165, 1.54) is 5.56 Å². The summed E-state index contributed by atoms with van der Waals surface area (Å²) < 4.78 is 2.06. The van der Waals surface area contributed by atoms with Crippen molar-refractivity contribution in [1.29, 1.82) is 0 Å². The van der Waals surface area contributed by atoms with Crippen molar-refractivity contribution in [1.82, 2.24) is 29.3 Å². The van der Waals surface area contributed by atoms with Crippen LogP contribution in [-0.4, -0.2) is 66.7 Å². The molecule has 41 heavy (non-hydrogen) atoms. The van der Waals surface area contributed by atoms with Gasteiger partial charge in [0.05, 0.1) is 11.3 Å². The van der Waals surface area contributed by atoms with Gasteiger partial charge in [0.1, 0.15) is 11.3 Å². The number of hydrogen-bond donors (Lipinski definition) is 2. The number of carboxylic acid groups (broad SMARTS) is 1. The second kappa shape index (κ2) is 10.0. The Bertz CT molecular complexity index is 1730. The Kier molecular flexibility index (Phi) is 6.16. The summed E-state index contributed by atoms with van der Waals surface area (Å²) in [6.45, 7) is 4.03. The minimum Gasteiger partial charge on any atom is -0.465 e. The first kappa shape index (κ1) is 25.2. The van der Waals surface area contributed by atoms with Gasteiger partial charge in [-0.3, -0.25) is 9.47 Å². The highest BCUT2D eigenvalue weighted by molar-refractivity contribution is 5.84. The van der Waals surface area contributed by atoms with Gasteiger partial charge in [-0.15, -0.1) is 0 Å². The summed E-state index contributed by atoms with van der Waals surface area (Å²) in [6.07, 6.45) is 2.86. The molecule has 1 amide bonds. The third-order valence-corrected chi connectivity index (χ3v) is 8.48. The van der Waals surface area contributed by atoms with E-state index in [1.54, 1.807) is 11.1 Å². The number of aromatic nitrogens is 4. The summed E-state index contributed by atoms with van der Waals surface area (Å²) in [4.78, 5) is 29.8. The van der Waals surface area contributed by atoms with Crippen LogP contribution in [0.15, 0.2) is 85.1 Å². The molecule has 0 aliphatic carbocycles. The summed E-state index contributed by atoms with van der Waals surface area (Å²) in [5, 5.41) is 9.40. The third-order valence-electron chi connectivity index (χ3n) is 8.48. The van der Waals surface area contributed by atoms with E-state index in [9.17, 15) is 9.90 Å². The third kappa shape index (κ3) is 4.68. The van der Waals surface area contributed by atoms with Gasteiger partial charge in [-0.2, -0.15) is 0 Å². The molecule has 2 saturated heterocycles. The first-order chi connectivity index (χ1) is 20.0. The van der Waals surface area contributed by atoms with E-state index >= 15 is 0 Å². The van der Waals surface area contributed by atoms with Crippen LogP contribution in [-0.2, 0) is 6.54 Å². The fraction of sp³-hybridized carbons (Fsp3) is 0.250. The molecule has 2 aliphatic rings. The summed E-state index contributed by atoms with van der Waals surface area (Å²) in [5.41, 5.74) is 12.8. The molecular formula is C32H31N7O2. The molecule has 3 aromatic heterocycles. The lowest BCUT2D eigenvalue weighted by atomic mass is 9.86. The number of amides is 1. The Labute approximate surface area is 237 Å². The van der Waals surface area contributed by atoms with Crippen molar-refractivity contribution in [3.05, 3.63) is 90.6 Å². The average Bonchev–Trinajstić information content (AvgIpc) is 3.71. The predicted octanol–water partition coefficient (Wildman–Crippen LogP) is 5.31. The van der Waals surface area contributed by atoms with Crippen molar-refractivity contribution >= 4 is 23.1 Å². The lowest BCUT2D eigenvalue weighted by molar-refractivity contribution is 0.148.